The Morgan fingerprint density at radius 2 is 1.74 bits per heavy atom. The third-order valence-corrected chi connectivity index (χ3v) is 3.89. The Hall–Kier alpha value is -3.75. The molecule has 166 valence electrons. The van der Waals surface area contributed by atoms with Crippen LogP contribution in [0.15, 0.2) is 41.5 Å². The number of carbonyl (C=O) groups excluding carboxylic acids is 1. The van der Waals surface area contributed by atoms with E-state index < -0.39 is 18.5 Å². The van der Waals surface area contributed by atoms with Gasteiger partial charge in [0.2, 0.25) is 0 Å². The summed E-state index contributed by atoms with van der Waals surface area (Å²) in [6.45, 7) is 4.38. The Morgan fingerprint density at radius 3 is 2.42 bits per heavy atom. The molecular weight excluding hydrogens is 404 g/mol. The molecule has 0 fully saturated rings. The molecule has 9 heteroatoms. The monoisotopic (exact) mass is 430 g/mol. The molecule has 0 aliphatic carbocycles. The van der Waals surface area contributed by atoms with Gasteiger partial charge < -0.3 is 24.1 Å². The van der Waals surface area contributed by atoms with Crippen LogP contribution in [0.25, 0.3) is 0 Å². The number of benzene rings is 2. The molecule has 0 heterocycles. The minimum absolute atomic E-state index is 0.292. The number of amides is 1. The van der Waals surface area contributed by atoms with E-state index in [-0.39, 0.29) is 0 Å². The molecule has 0 radical (unpaired) electrons. The van der Waals surface area contributed by atoms with E-state index in [0.29, 0.717) is 47.3 Å². The van der Waals surface area contributed by atoms with E-state index in [4.69, 9.17) is 24.1 Å². The molecule has 31 heavy (non-hydrogen) atoms. The molecular formula is C22H26N2O7. The average Bonchev–Trinajstić information content (AvgIpc) is 2.77. The minimum atomic E-state index is -1.09. The number of aliphatic carboxylic acids is 1. The van der Waals surface area contributed by atoms with Crippen LogP contribution in [0, 0.1) is 0 Å². The van der Waals surface area contributed by atoms with Crippen molar-refractivity contribution in [3.63, 3.8) is 0 Å². The molecule has 2 N–H and O–H groups in total. The molecule has 0 aromatic heterocycles. The van der Waals surface area contributed by atoms with E-state index in [9.17, 15) is 9.59 Å². The maximum atomic E-state index is 12.4. The van der Waals surface area contributed by atoms with Crippen molar-refractivity contribution in [2.75, 3.05) is 26.9 Å². The standard InChI is InChI=1S/C22H26N2O7/c1-4-10-30-18-9-7-16(12-20(18)29-5-2)22(27)24-23-13-15-6-8-17(19(11-15)28-3)31-14-21(25)26/h6-9,11-13H,4-5,10,14H2,1-3H3,(H,24,27)(H,25,26)/b23-13+. The van der Waals surface area contributed by atoms with Crippen LogP contribution in [0.3, 0.4) is 0 Å². The molecule has 0 aliphatic rings. The normalized spacial score (nSPS) is 10.5. The number of hydrogen-bond acceptors (Lipinski definition) is 7. The van der Waals surface area contributed by atoms with Crippen LogP contribution in [-0.4, -0.2) is 50.1 Å². The van der Waals surface area contributed by atoms with E-state index >= 15 is 0 Å². The van der Waals surface area contributed by atoms with Gasteiger partial charge in [0.05, 0.1) is 26.5 Å². The Labute approximate surface area is 180 Å². The zero-order chi connectivity index (χ0) is 22.6. The van der Waals surface area contributed by atoms with Gasteiger partial charge in [0.25, 0.3) is 5.91 Å². The number of hydrogen-bond donors (Lipinski definition) is 2. The molecule has 9 nitrogen and oxygen atoms in total. The number of carboxylic acid groups (broad SMARTS) is 1. The fraction of sp³-hybridized carbons (Fsp3) is 0.318. The second-order valence-corrected chi connectivity index (χ2v) is 6.23. The average molecular weight is 430 g/mol. The van der Waals surface area contributed by atoms with E-state index in [1.165, 1.54) is 13.3 Å². The van der Waals surface area contributed by atoms with Crippen molar-refractivity contribution in [2.24, 2.45) is 5.10 Å². The first-order valence-electron chi connectivity index (χ1n) is 9.74. The lowest BCUT2D eigenvalue weighted by Gasteiger charge is -2.12. The van der Waals surface area contributed by atoms with E-state index in [0.717, 1.165) is 6.42 Å². The van der Waals surface area contributed by atoms with Crippen LogP contribution in [-0.2, 0) is 4.79 Å². The highest BCUT2D eigenvalue weighted by Crippen LogP contribution is 2.29. The first-order valence-corrected chi connectivity index (χ1v) is 9.74. The number of nitrogens with zero attached hydrogens (tertiary/aromatic N) is 1. The summed E-state index contributed by atoms with van der Waals surface area (Å²) in [5.41, 5.74) is 3.45. The van der Waals surface area contributed by atoms with Crippen LogP contribution in [0.4, 0.5) is 0 Å². The first-order chi connectivity index (χ1) is 15.0. The van der Waals surface area contributed by atoms with Crippen LogP contribution >= 0.6 is 0 Å². The highest BCUT2D eigenvalue weighted by molar-refractivity contribution is 5.95. The summed E-state index contributed by atoms with van der Waals surface area (Å²) in [5, 5.41) is 12.7. The fourth-order valence-corrected chi connectivity index (χ4v) is 2.50. The number of ether oxygens (including phenoxy) is 4. The van der Waals surface area contributed by atoms with E-state index in [2.05, 4.69) is 10.5 Å². The van der Waals surface area contributed by atoms with Gasteiger partial charge in [-0.15, -0.1) is 0 Å². The molecule has 1 amide bonds. The highest BCUT2D eigenvalue weighted by atomic mass is 16.5. The van der Waals surface area contributed by atoms with Gasteiger partial charge in [0, 0.05) is 5.56 Å². The predicted octanol–water partition coefficient (Wildman–Crippen LogP) is 3.11. The van der Waals surface area contributed by atoms with Crippen LogP contribution in [0.2, 0.25) is 0 Å². The van der Waals surface area contributed by atoms with Crippen LogP contribution < -0.4 is 24.4 Å². The van der Waals surface area contributed by atoms with Crippen molar-refractivity contribution in [3.05, 3.63) is 47.5 Å². The quantitative estimate of drug-likeness (QED) is 0.393. The highest BCUT2D eigenvalue weighted by Gasteiger charge is 2.11. The maximum Gasteiger partial charge on any atom is 0.341 e. The Kier molecular flexibility index (Phi) is 9.15. The zero-order valence-corrected chi connectivity index (χ0v) is 17.7. The summed E-state index contributed by atoms with van der Waals surface area (Å²) in [6, 6.07) is 9.77. The third-order valence-electron chi connectivity index (χ3n) is 3.89. The number of methoxy groups -OCH3 is 1. The topological polar surface area (TPSA) is 116 Å². The number of hydrazone groups is 1. The number of nitrogens with one attached hydrogen (secondary N) is 1. The summed E-state index contributed by atoms with van der Waals surface area (Å²) < 4.78 is 21.5. The Morgan fingerprint density at radius 1 is 1.00 bits per heavy atom. The van der Waals surface area contributed by atoms with Gasteiger partial charge in [0.1, 0.15) is 0 Å². The van der Waals surface area contributed by atoms with Crippen molar-refractivity contribution in [2.45, 2.75) is 20.3 Å². The SMILES string of the molecule is CCCOc1ccc(C(=O)N/N=C/c2ccc(OCC(=O)O)c(OC)c2)cc1OCC. The fourth-order valence-electron chi connectivity index (χ4n) is 2.50. The first kappa shape index (κ1) is 23.5. The van der Waals surface area contributed by atoms with Crippen molar-refractivity contribution < 1.29 is 33.6 Å². The van der Waals surface area contributed by atoms with Gasteiger partial charge in [-0.05, 0) is 55.3 Å². The molecule has 0 atom stereocenters. The lowest BCUT2D eigenvalue weighted by atomic mass is 10.2. The second kappa shape index (κ2) is 12.1. The molecule has 0 aliphatic heterocycles. The van der Waals surface area contributed by atoms with Gasteiger partial charge in [-0.3, -0.25) is 4.79 Å². The molecule has 0 unspecified atom stereocenters. The molecule has 0 saturated carbocycles. The molecule has 2 rings (SSSR count). The van der Waals surface area contributed by atoms with Gasteiger partial charge in [0.15, 0.2) is 29.6 Å². The molecule has 2 aromatic rings. The summed E-state index contributed by atoms with van der Waals surface area (Å²) in [5.74, 6) is 0.219. The maximum absolute atomic E-state index is 12.4. The van der Waals surface area contributed by atoms with E-state index in [1.807, 2.05) is 13.8 Å². The summed E-state index contributed by atoms with van der Waals surface area (Å²) in [4.78, 5) is 23.1. The van der Waals surface area contributed by atoms with Crippen molar-refractivity contribution in [1.82, 2.24) is 5.43 Å². The van der Waals surface area contributed by atoms with Gasteiger partial charge in [-0.25, -0.2) is 10.2 Å². The van der Waals surface area contributed by atoms with Crippen molar-refractivity contribution >= 4 is 18.1 Å². The lowest BCUT2D eigenvalue weighted by Crippen LogP contribution is -2.17. The van der Waals surface area contributed by atoms with Crippen LogP contribution in [0.5, 0.6) is 23.0 Å². The second-order valence-electron chi connectivity index (χ2n) is 6.23. The molecule has 0 bridgehead atoms. The molecule has 0 saturated heterocycles. The van der Waals surface area contributed by atoms with Crippen molar-refractivity contribution in [1.29, 1.82) is 0 Å². The van der Waals surface area contributed by atoms with E-state index in [1.54, 1.807) is 36.4 Å². The van der Waals surface area contributed by atoms with Gasteiger partial charge in [-0.1, -0.05) is 6.92 Å². The predicted molar refractivity (Wildman–Crippen MR) is 115 cm³/mol. The number of carbonyl (C=O) groups is 2. The number of rotatable bonds is 12. The Balaban J connectivity index is 2.06. The minimum Gasteiger partial charge on any atom is -0.493 e. The summed E-state index contributed by atoms with van der Waals surface area (Å²) >= 11 is 0. The Bertz CT molecular complexity index is 928. The van der Waals surface area contributed by atoms with Gasteiger partial charge >= 0.3 is 5.97 Å². The smallest absolute Gasteiger partial charge is 0.341 e. The van der Waals surface area contributed by atoms with Crippen LogP contribution in [0.1, 0.15) is 36.2 Å². The summed E-state index contributed by atoms with van der Waals surface area (Å²) in [7, 11) is 1.44. The van der Waals surface area contributed by atoms with Crippen molar-refractivity contribution in [3.8, 4) is 23.0 Å². The molecule has 2 aromatic carbocycles. The lowest BCUT2D eigenvalue weighted by molar-refractivity contribution is -0.139. The third kappa shape index (κ3) is 7.22. The van der Waals surface area contributed by atoms with Gasteiger partial charge in [-0.2, -0.15) is 5.10 Å². The largest absolute Gasteiger partial charge is 0.493 e. The summed E-state index contributed by atoms with van der Waals surface area (Å²) in [6.07, 6.45) is 2.30. The zero-order valence-electron chi connectivity index (χ0n) is 17.7. The number of carboxylic acids is 1. The molecule has 0 spiro atoms.